The monoisotopic (exact) mass is 261 g/mol. The number of nitro benzene ring substituents is 1. The first-order valence-electron chi connectivity index (χ1n) is 6.06. The van der Waals surface area contributed by atoms with Gasteiger partial charge in [0.2, 0.25) is 0 Å². The fraction of sp³-hybridized carbons (Fsp3) is 0.417. The van der Waals surface area contributed by atoms with E-state index in [2.05, 4.69) is 11.5 Å². The third-order valence-corrected chi connectivity index (χ3v) is 3.11. The summed E-state index contributed by atoms with van der Waals surface area (Å²) in [6.07, 6.45) is 2.35. The van der Waals surface area contributed by atoms with Crippen LogP contribution in [0, 0.1) is 21.4 Å². The van der Waals surface area contributed by atoms with E-state index < -0.39 is 4.92 Å². The van der Waals surface area contributed by atoms with Gasteiger partial charge in [-0.25, -0.2) is 0 Å². The van der Waals surface area contributed by atoms with Gasteiger partial charge in [-0.15, -0.1) is 0 Å². The number of rotatable bonds is 6. The summed E-state index contributed by atoms with van der Waals surface area (Å²) in [5, 5.41) is 19.9. The van der Waals surface area contributed by atoms with Gasteiger partial charge < -0.3 is 10.3 Å². The highest BCUT2D eigenvalue weighted by molar-refractivity contribution is 5.77. The SMILES string of the molecule is N#CCCN(c1cccc(NN)c1[N+](=O)[O-])C1CC1. The van der Waals surface area contributed by atoms with Crippen LogP contribution in [-0.2, 0) is 0 Å². The zero-order chi connectivity index (χ0) is 13.8. The molecule has 1 fully saturated rings. The summed E-state index contributed by atoms with van der Waals surface area (Å²) in [5.74, 6) is 5.32. The zero-order valence-electron chi connectivity index (χ0n) is 10.4. The zero-order valence-corrected chi connectivity index (χ0v) is 10.4. The Balaban J connectivity index is 2.41. The third kappa shape index (κ3) is 2.74. The molecule has 1 aliphatic rings. The number of anilines is 2. The molecule has 0 radical (unpaired) electrons. The number of nitrogens with two attached hydrogens (primary N) is 1. The van der Waals surface area contributed by atoms with E-state index in [0.717, 1.165) is 12.8 Å². The molecule has 0 heterocycles. The molecular formula is C12H15N5O2. The molecule has 1 aromatic carbocycles. The second-order valence-electron chi connectivity index (χ2n) is 4.41. The number of nitriles is 1. The van der Waals surface area contributed by atoms with Crippen LogP contribution < -0.4 is 16.2 Å². The number of nitro groups is 1. The molecule has 100 valence electrons. The maximum Gasteiger partial charge on any atom is 0.316 e. The molecule has 0 amide bonds. The Kier molecular flexibility index (Phi) is 3.82. The molecule has 19 heavy (non-hydrogen) atoms. The van der Waals surface area contributed by atoms with Crippen LogP contribution in [0.3, 0.4) is 0 Å². The Morgan fingerprint density at radius 1 is 1.58 bits per heavy atom. The lowest BCUT2D eigenvalue weighted by Gasteiger charge is -2.23. The molecule has 1 saturated carbocycles. The quantitative estimate of drug-likeness (QED) is 0.459. The third-order valence-electron chi connectivity index (χ3n) is 3.11. The number of benzene rings is 1. The highest BCUT2D eigenvalue weighted by atomic mass is 16.6. The van der Waals surface area contributed by atoms with Crippen LogP contribution in [0.15, 0.2) is 18.2 Å². The van der Waals surface area contributed by atoms with Gasteiger partial charge in [-0.05, 0) is 25.0 Å². The van der Waals surface area contributed by atoms with Crippen LogP contribution >= 0.6 is 0 Å². The number of nitrogen functional groups attached to an aromatic ring is 1. The van der Waals surface area contributed by atoms with E-state index in [0.29, 0.717) is 24.7 Å². The van der Waals surface area contributed by atoms with Gasteiger partial charge in [0.15, 0.2) is 0 Å². The van der Waals surface area contributed by atoms with E-state index in [4.69, 9.17) is 11.1 Å². The van der Waals surface area contributed by atoms with Crippen LogP contribution in [0.5, 0.6) is 0 Å². The van der Waals surface area contributed by atoms with E-state index >= 15 is 0 Å². The van der Waals surface area contributed by atoms with E-state index in [1.807, 2.05) is 4.90 Å². The van der Waals surface area contributed by atoms with E-state index in [1.165, 1.54) is 0 Å². The van der Waals surface area contributed by atoms with Crippen LogP contribution in [0.4, 0.5) is 17.1 Å². The van der Waals surface area contributed by atoms with Gasteiger partial charge >= 0.3 is 5.69 Å². The normalized spacial score (nSPS) is 13.7. The molecule has 3 N–H and O–H groups in total. The average molecular weight is 261 g/mol. The molecule has 0 saturated heterocycles. The van der Waals surface area contributed by atoms with E-state index in [9.17, 15) is 10.1 Å². The number of nitrogens with zero attached hydrogens (tertiary/aromatic N) is 3. The molecule has 0 aromatic heterocycles. The van der Waals surface area contributed by atoms with E-state index in [1.54, 1.807) is 18.2 Å². The van der Waals surface area contributed by atoms with Crippen LogP contribution in [0.2, 0.25) is 0 Å². The Morgan fingerprint density at radius 3 is 2.84 bits per heavy atom. The highest BCUT2D eigenvalue weighted by Gasteiger charge is 2.33. The van der Waals surface area contributed by atoms with Gasteiger partial charge in [-0.2, -0.15) is 5.26 Å². The summed E-state index contributed by atoms with van der Waals surface area (Å²) >= 11 is 0. The number of hydrogen-bond donors (Lipinski definition) is 2. The topological polar surface area (TPSA) is 108 Å². The minimum atomic E-state index is -0.438. The number of nitrogens with one attached hydrogen (secondary N) is 1. The summed E-state index contributed by atoms with van der Waals surface area (Å²) in [7, 11) is 0. The van der Waals surface area contributed by atoms with Gasteiger partial charge in [0.25, 0.3) is 0 Å². The lowest BCUT2D eigenvalue weighted by Crippen LogP contribution is -2.27. The second kappa shape index (κ2) is 5.54. The van der Waals surface area contributed by atoms with Crippen LogP contribution in [-0.4, -0.2) is 17.5 Å². The average Bonchev–Trinajstić information content (AvgIpc) is 3.23. The number of para-hydroxylation sites is 1. The van der Waals surface area contributed by atoms with Gasteiger partial charge in [-0.3, -0.25) is 16.0 Å². The molecule has 0 unspecified atom stereocenters. The molecule has 0 aliphatic heterocycles. The smallest absolute Gasteiger partial charge is 0.316 e. The first-order valence-corrected chi connectivity index (χ1v) is 6.06. The predicted octanol–water partition coefficient (Wildman–Crippen LogP) is 1.76. The summed E-state index contributed by atoms with van der Waals surface area (Å²) in [6, 6.07) is 7.36. The van der Waals surface area contributed by atoms with Crippen molar-refractivity contribution in [3.05, 3.63) is 28.3 Å². The van der Waals surface area contributed by atoms with E-state index in [-0.39, 0.29) is 11.4 Å². The molecule has 7 heteroatoms. The van der Waals surface area contributed by atoms with Gasteiger partial charge in [0.05, 0.1) is 17.4 Å². The van der Waals surface area contributed by atoms with Crippen molar-refractivity contribution in [1.29, 1.82) is 5.26 Å². The standard InChI is InChI=1S/C12H15N5O2/c13-7-2-8-16(9-5-6-9)11-4-1-3-10(15-14)12(11)17(18)19/h1,3-4,9,15H,2,5-6,8,14H2. The molecule has 0 atom stereocenters. The molecule has 1 aromatic rings. The van der Waals surface area contributed by atoms with Crippen molar-refractivity contribution in [3.8, 4) is 6.07 Å². The van der Waals surface area contributed by atoms with Crippen molar-refractivity contribution in [2.24, 2.45) is 5.84 Å². The van der Waals surface area contributed by atoms with Crippen molar-refractivity contribution in [1.82, 2.24) is 0 Å². The van der Waals surface area contributed by atoms with Gasteiger partial charge in [0, 0.05) is 12.6 Å². The fourth-order valence-corrected chi connectivity index (χ4v) is 2.13. The van der Waals surface area contributed by atoms with Crippen LogP contribution in [0.25, 0.3) is 0 Å². The molecule has 0 bridgehead atoms. The highest BCUT2D eigenvalue weighted by Crippen LogP contribution is 2.40. The van der Waals surface area contributed by atoms with Crippen molar-refractivity contribution in [2.45, 2.75) is 25.3 Å². The Morgan fingerprint density at radius 2 is 2.32 bits per heavy atom. The molecular weight excluding hydrogens is 246 g/mol. The fourth-order valence-electron chi connectivity index (χ4n) is 2.13. The van der Waals surface area contributed by atoms with Gasteiger partial charge in [0.1, 0.15) is 11.4 Å². The molecule has 0 spiro atoms. The maximum atomic E-state index is 11.2. The van der Waals surface area contributed by atoms with Gasteiger partial charge in [-0.1, -0.05) is 6.07 Å². The van der Waals surface area contributed by atoms with Crippen molar-refractivity contribution >= 4 is 17.1 Å². The number of hydrogen-bond acceptors (Lipinski definition) is 6. The lowest BCUT2D eigenvalue weighted by atomic mass is 10.2. The summed E-state index contributed by atoms with van der Waals surface area (Å²) in [6.45, 7) is 0.496. The predicted molar refractivity (Wildman–Crippen MR) is 71.5 cm³/mol. The Bertz CT molecular complexity index is 521. The summed E-state index contributed by atoms with van der Waals surface area (Å²) in [5.41, 5.74) is 3.13. The first kappa shape index (κ1) is 13.1. The molecule has 7 nitrogen and oxygen atoms in total. The van der Waals surface area contributed by atoms with Crippen molar-refractivity contribution < 1.29 is 4.92 Å². The van der Waals surface area contributed by atoms with Crippen molar-refractivity contribution in [2.75, 3.05) is 16.9 Å². The largest absolute Gasteiger partial charge is 0.362 e. The van der Waals surface area contributed by atoms with Crippen LogP contribution in [0.1, 0.15) is 19.3 Å². The minimum absolute atomic E-state index is 0.0326. The minimum Gasteiger partial charge on any atom is -0.362 e. The van der Waals surface area contributed by atoms with Crippen molar-refractivity contribution in [3.63, 3.8) is 0 Å². The Labute approximate surface area is 110 Å². The molecule has 1 aliphatic carbocycles. The molecule has 2 rings (SSSR count). The summed E-state index contributed by atoms with van der Waals surface area (Å²) in [4.78, 5) is 12.7. The Hall–Kier alpha value is -2.33. The number of hydrazine groups is 1. The maximum absolute atomic E-state index is 11.2. The summed E-state index contributed by atoms with van der Waals surface area (Å²) < 4.78 is 0. The lowest BCUT2D eigenvalue weighted by molar-refractivity contribution is -0.383. The first-order chi connectivity index (χ1) is 9.19. The second-order valence-corrected chi connectivity index (χ2v) is 4.41.